The van der Waals surface area contributed by atoms with Crippen LogP contribution in [0.15, 0.2) is 23.8 Å². The zero-order chi connectivity index (χ0) is 16.5. The number of allylic oxidation sites excluding steroid dienone is 2. The molecule has 0 aromatic heterocycles. The lowest BCUT2D eigenvalue weighted by molar-refractivity contribution is -0.144. The molecule has 0 N–H and O–H groups in total. The van der Waals surface area contributed by atoms with Crippen LogP contribution in [0.2, 0.25) is 18.1 Å². The SMILES string of the molecule is COC(=O)[C@@H]1C=CCC=C2[C@H](O[Si](C)(C)C(C)(C)C)CC[C@@H]21. The average Bonchev–Trinajstić information content (AvgIpc) is 2.68. The largest absolute Gasteiger partial charge is 0.469 e. The molecule has 0 heterocycles. The first kappa shape index (κ1) is 17.5. The molecular weight excluding hydrogens is 292 g/mol. The number of rotatable bonds is 3. The number of hydrogen-bond donors (Lipinski definition) is 0. The molecule has 0 radical (unpaired) electrons. The number of methoxy groups -OCH3 is 1. The molecule has 22 heavy (non-hydrogen) atoms. The molecule has 1 saturated carbocycles. The lowest BCUT2D eigenvalue weighted by Gasteiger charge is -2.39. The fraction of sp³-hybridized carbons (Fsp3) is 0.722. The second-order valence-electron chi connectivity index (χ2n) is 7.97. The fourth-order valence-electron chi connectivity index (χ4n) is 3.17. The molecule has 4 heteroatoms. The van der Waals surface area contributed by atoms with E-state index in [-0.39, 0.29) is 28.9 Å². The molecule has 0 aromatic rings. The third-order valence-electron chi connectivity index (χ3n) is 5.52. The molecule has 1 fully saturated rings. The topological polar surface area (TPSA) is 35.5 Å². The van der Waals surface area contributed by atoms with Crippen molar-refractivity contribution < 1.29 is 14.0 Å². The Morgan fingerprint density at radius 1 is 1.27 bits per heavy atom. The molecule has 0 amide bonds. The highest BCUT2D eigenvalue weighted by atomic mass is 28.4. The Morgan fingerprint density at radius 3 is 2.55 bits per heavy atom. The molecule has 0 unspecified atom stereocenters. The van der Waals surface area contributed by atoms with Crippen molar-refractivity contribution in [2.45, 2.75) is 64.3 Å². The van der Waals surface area contributed by atoms with Crippen molar-refractivity contribution in [1.29, 1.82) is 0 Å². The molecule has 3 nitrogen and oxygen atoms in total. The van der Waals surface area contributed by atoms with Crippen molar-refractivity contribution in [2.24, 2.45) is 11.8 Å². The number of esters is 1. The summed E-state index contributed by atoms with van der Waals surface area (Å²) in [6.07, 6.45) is 9.47. The minimum absolute atomic E-state index is 0.123. The molecule has 0 saturated heterocycles. The van der Waals surface area contributed by atoms with E-state index in [9.17, 15) is 4.79 Å². The molecule has 124 valence electrons. The summed E-state index contributed by atoms with van der Waals surface area (Å²) >= 11 is 0. The molecule has 3 atom stereocenters. The van der Waals surface area contributed by atoms with Crippen LogP contribution in [0.4, 0.5) is 0 Å². The maximum atomic E-state index is 12.1. The Kier molecular flexibility index (Phi) is 5.02. The summed E-state index contributed by atoms with van der Waals surface area (Å²) in [6.45, 7) is 11.4. The molecule has 2 aliphatic rings. The number of carbonyl (C=O) groups is 1. The maximum Gasteiger partial charge on any atom is 0.313 e. The van der Waals surface area contributed by atoms with Crippen LogP contribution in [-0.2, 0) is 14.0 Å². The molecule has 2 aliphatic carbocycles. The molecule has 0 aromatic carbocycles. The van der Waals surface area contributed by atoms with Gasteiger partial charge in [0.25, 0.3) is 0 Å². The van der Waals surface area contributed by atoms with E-state index in [1.165, 1.54) is 12.7 Å². The van der Waals surface area contributed by atoms with Crippen LogP contribution in [0.3, 0.4) is 0 Å². The Labute approximate surface area is 135 Å². The Balaban J connectivity index is 2.19. The van der Waals surface area contributed by atoms with Crippen molar-refractivity contribution in [1.82, 2.24) is 0 Å². The van der Waals surface area contributed by atoms with Crippen molar-refractivity contribution in [3.63, 3.8) is 0 Å². The third kappa shape index (κ3) is 3.38. The van der Waals surface area contributed by atoms with Gasteiger partial charge in [0.1, 0.15) is 0 Å². The van der Waals surface area contributed by atoms with Crippen LogP contribution in [-0.4, -0.2) is 27.5 Å². The third-order valence-corrected chi connectivity index (χ3v) is 10.0. The molecule has 0 bridgehead atoms. The summed E-state index contributed by atoms with van der Waals surface area (Å²) in [6, 6.07) is 0. The van der Waals surface area contributed by atoms with Crippen molar-refractivity contribution in [3.05, 3.63) is 23.8 Å². The Bertz CT molecular complexity index is 485. The monoisotopic (exact) mass is 322 g/mol. The van der Waals surface area contributed by atoms with Gasteiger partial charge in [-0.25, -0.2) is 0 Å². The first-order valence-corrected chi connectivity index (χ1v) is 11.2. The summed E-state index contributed by atoms with van der Waals surface area (Å²) < 4.78 is 11.6. The van der Waals surface area contributed by atoms with E-state index >= 15 is 0 Å². The van der Waals surface area contributed by atoms with Gasteiger partial charge in [-0.05, 0) is 48.9 Å². The number of carbonyl (C=O) groups excluding carboxylic acids is 1. The normalized spacial score (nSPS) is 28.8. The first-order chi connectivity index (χ1) is 10.2. The maximum absolute atomic E-state index is 12.1. The highest BCUT2D eigenvalue weighted by Gasteiger charge is 2.44. The summed E-state index contributed by atoms with van der Waals surface area (Å²) in [5.41, 5.74) is 1.32. The minimum Gasteiger partial charge on any atom is -0.469 e. The molecule has 2 rings (SSSR count). The molecule has 0 aliphatic heterocycles. The minimum atomic E-state index is -1.80. The summed E-state index contributed by atoms with van der Waals surface area (Å²) in [4.78, 5) is 12.1. The summed E-state index contributed by atoms with van der Waals surface area (Å²) in [7, 11) is -0.322. The van der Waals surface area contributed by atoms with Gasteiger partial charge >= 0.3 is 5.97 Å². The van der Waals surface area contributed by atoms with Crippen LogP contribution in [0, 0.1) is 11.8 Å². The lowest BCUT2D eigenvalue weighted by Crippen LogP contribution is -2.44. The van der Waals surface area contributed by atoms with Gasteiger partial charge in [0.05, 0.1) is 19.1 Å². The number of hydrogen-bond acceptors (Lipinski definition) is 3. The quantitative estimate of drug-likeness (QED) is 0.437. The smallest absolute Gasteiger partial charge is 0.313 e. The second-order valence-corrected chi connectivity index (χ2v) is 12.7. The predicted octanol–water partition coefficient (Wildman–Crippen LogP) is 4.46. The van der Waals surface area contributed by atoms with Crippen molar-refractivity contribution >= 4 is 14.3 Å². The zero-order valence-electron chi connectivity index (χ0n) is 14.8. The van der Waals surface area contributed by atoms with Gasteiger partial charge in [-0.15, -0.1) is 0 Å². The van der Waals surface area contributed by atoms with E-state index in [2.05, 4.69) is 46.0 Å². The average molecular weight is 323 g/mol. The van der Waals surface area contributed by atoms with Crippen LogP contribution in [0.5, 0.6) is 0 Å². The van der Waals surface area contributed by atoms with Crippen LogP contribution >= 0.6 is 0 Å². The van der Waals surface area contributed by atoms with E-state index in [1.54, 1.807) is 0 Å². The second kappa shape index (κ2) is 6.32. The van der Waals surface area contributed by atoms with E-state index < -0.39 is 8.32 Å². The fourth-order valence-corrected chi connectivity index (χ4v) is 4.49. The van der Waals surface area contributed by atoms with E-state index in [0.29, 0.717) is 0 Å². The van der Waals surface area contributed by atoms with Gasteiger partial charge in [0.15, 0.2) is 8.32 Å². The molecular formula is C18H30O3Si. The summed E-state index contributed by atoms with van der Waals surface area (Å²) in [5.74, 6) is -0.0187. The van der Waals surface area contributed by atoms with E-state index in [4.69, 9.17) is 9.16 Å². The standard InChI is InChI=1S/C18H30O3Si/c1-18(2,3)22(5,6)21-16-12-11-13-14(16)9-7-8-10-15(13)17(19)20-4/h8-10,13,15-16H,7,11-12H2,1-6H3/t13-,15+,16+/m0/s1. The van der Waals surface area contributed by atoms with Gasteiger partial charge in [-0.3, -0.25) is 4.79 Å². The number of ether oxygens (including phenoxy) is 1. The predicted molar refractivity (Wildman–Crippen MR) is 92.1 cm³/mol. The highest BCUT2D eigenvalue weighted by molar-refractivity contribution is 6.74. The van der Waals surface area contributed by atoms with Crippen LogP contribution < -0.4 is 0 Å². The van der Waals surface area contributed by atoms with Crippen molar-refractivity contribution in [3.8, 4) is 0 Å². The van der Waals surface area contributed by atoms with Gasteiger partial charge < -0.3 is 9.16 Å². The van der Waals surface area contributed by atoms with Gasteiger partial charge in [-0.1, -0.05) is 39.0 Å². The Hall–Kier alpha value is -0.873. The zero-order valence-corrected chi connectivity index (χ0v) is 15.8. The molecule has 0 spiro atoms. The van der Waals surface area contributed by atoms with Crippen LogP contribution in [0.1, 0.15) is 40.0 Å². The van der Waals surface area contributed by atoms with Gasteiger partial charge in [0, 0.05) is 0 Å². The van der Waals surface area contributed by atoms with E-state index in [1.807, 2.05) is 6.08 Å². The van der Waals surface area contributed by atoms with E-state index in [0.717, 1.165) is 19.3 Å². The van der Waals surface area contributed by atoms with Gasteiger partial charge in [-0.2, -0.15) is 0 Å². The van der Waals surface area contributed by atoms with Crippen LogP contribution in [0.25, 0.3) is 0 Å². The summed E-state index contributed by atoms with van der Waals surface area (Å²) in [5, 5.41) is 0.205. The Morgan fingerprint density at radius 2 is 1.95 bits per heavy atom. The first-order valence-electron chi connectivity index (χ1n) is 8.29. The van der Waals surface area contributed by atoms with Crippen molar-refractivity contribution in [2.75, 3.05) is 7.11 Å². The highest BCUT2D eigenvalue weighted by Crippen LogP contribution is 2.45. The van der Waals surface area contributed by atoms with Gasteiger partial charge in [0.2, 0.25) is 0 Å². The lowest BCUT2D eigenvalue weighted by atomic mass is 9.88. The number of fused-ring (bicyclic) bond motifs is 1.